The largest absolute Gasteiger partial charge is 0.454 e. The molecule has 1 aromatic carbocycles. The van der Waals surface area contributed by atoms with Crippen LogP contribution in [0.2, 0.25) is 0 Å². The topological polar surface area (TPSA) is 111 Å². The molecule has 26 heavy (non-hydrogen) atoms. The standard InChI is InChI=1S/C16H18N6O4/c1-3-6-22-13(18-19-20-22)8-21-14(23)16(2,17-15(21)24)10-4-5-11-12(7-10)26-9-25-11/h4-5,7H,3,6,8-9H2,1-2H3,(H,17,24). The van der Waals surface area contributed by atoms with Crippen molar-refractivity contribution in [2.45, 2.75) is 38.9 Å². The van der Waals surface area contributed by atoms with Crippen LogP contribution >= 0.6 is 0 Å². The number of ether oxygens (including phenoxy) is 2. The maximum atomic E-state index is 13.0. The molecule has 2 aliphatic rings. The summed E-state index contributed by atoms with van der Waals surface area (Å²) in [4.78, 5) is 26.6. The number of hydrogen-bond donors (Lipinski definition) is 1. The maximum Gasteiger partial charge on any atom is 0.325 e. The van der Waals surface area contributed by atoms with Crippen LogP contribution in [-0.4, -0.2) is 43.8 Å². The Morgan fingerprint density at radius 1 is 1.27 bits per heavy atom. The lowest BCUT2D eigenvalue weighted by molar-refractivity contribution is -0.131. The number of urea groups is 1. The first-order chi connectivity index (χ1) is 12.5. The zero-order valence-corrected chi connectivity index (χ0v) is 14.4. The molecule has 10 nitrogen and oxygen atoms in total. The van der Waals surface area contributed by atoms with Crippen molar-refractivity contribution in [3.05, 3.63) is 29.6 Å². The molecule has 1 atom stereocenters. The first-order valence-electron chi connectivity index (χ1n) is 8.32. The summed E-state index contributed by atoms with van der Waals surface area (Å²) in [7, 11) is 0. The lowest BCUT2D eigenvalue weighted by Crippen LogP contribution is -2.40. The van der Waals surface area contributed by atoms with Gasteiger partial charge < -0.3 is 14.8 Å². The third-order valence-electron chi connectivity index (χ3n) is 4.57. The van der Waals surface area contributed by atoms with Crippen LogP contribution < -0.4 is 14.8 Å². The van der Waals surface area contributed by atoms with Crippen molar-refractivity contribution in [3.8, 4) is 11.5 Å². The number of amides is 3. The molecule has 0 bridgehead atoms. The quantitative estimate of drug-likeness (QED) is 0.786. The average Bonchev–Trinajstić information content (AvgIpc) is 3.31. The minimum Gasteiger partial charge on any atom is -0.454 e. The summed E-state index contributed by atoms with van der Waals surface area (Å²) in [5.41, 5.74) is -0.572. The smallest absolute Gasteiger partial charge is 0.325 e. The van der Waals surface area contributed by atoms with Crippen LogP contribution in [0.1, 0.15) is 31.7 Å². The molecule has 1 saturated heterocycles. The highest BCUT2D eigenvalue weighted by Crippen LogP contribution is 2.38. The van der Waals surface area contributed by atoms with E-state index in [-0.39, 0.29) is 19.2 Å². The first kappa shape index (κ1) is 16.3. The van der Waals surface area contributed by atoms with Gasteiger partial charge >= 0.3 is 6.03 Å². The molecule has 0 radical (unpaired) electrons. The van der Waals surface area contributed by atoms with Crippen LogP contribution in [0.25, 0.3) is 0 Å². The van der Waals surface area contributed by atoms with Crippen molar-refractivity contribution in [1.29, 1.82) is 0 Å². The number of nitrogens with zero attached hydrogens (tertiary/aromatic N) is 5. The minimum atomic E-state index is -1.19. The average molecular weight is 358 g/mol. The van der Waals surface area contributed by atoms with Gasteiger partial charge in [-0.2, -0.15) is 0 Å². The highest BCUT2D eigenvalue weighted by atomic mass is 16.7. The molecule has 4 rings (SSSR count). The van der Waals surface area contributed by atoms with Crippen molar-refractivity contribution in [2.75, 3.05) is 6.79 Å². The molecule has 10 heteroatoms. The van der Waals surface area contributed by atoms with E-state index < -0.39 is 11.6 Å². The summed E-state index contributed by atoms with van der Waals surface area (Å²) in [6.45, 7) is 4.43. The molecular formula is C16H18N6O4. The van der Waals surface area contributed by atoms with Crippen LogP contribution in [0.5, 0.6) is 11.5 Å². The second-order valence-electron chi connectivity index (χ2n) is 6.33. The summed E-state index contributed by atoms with van der Waals surface area (Å²) < 4.78 is 12.3. The second kappa shape index (κ2) is 5.97. The number of imide groups is 1. The lowest BCUT2D eigenvalue weighted by atomic mass is 9.91. The molecule has 0 spiro atoms. The lowest BCUT2D eigenvalue weighted by Gasteiger charge is -2.22. The summed E-state index contributed by atoms with van der Waals surface area (Å²) >= 11 is 0. The van der Waals surface area contributed by atoms with Gasteiger partial charge in [-0.3, -0.25) is 9.69 Å². The van der Waals surface area contributed by atoms with Crippen LogP contribution in [-0.2, 0) is 23.4 Å². The molecule has 0 aliphatic carbocycles. The summed E-state index contributed by atoms with van der Waals surface area (Å²) in [5.74, 6) is 1.26. The molecule has 2 aromatic rings. The molecule has 3 heterocycles. The van der Waals surface area contributed by atoms with Crippen molar-refractivity contribution < 1.29 is 19.1 Å². The van der Waals surface area contributed by atoms with Crippen molar-refractivity contribution in [2.24, 2.45) is 0 Å². The number of aryl methyl sites for hydroxylation is 1. The van der Waals surface area contributed by atoms with E-state index in [1.54, 1.807) is 29.8 Å². The Kier molecular flexibility index (Phi) is 3.74. The van der Waals surface area contributed by atoms with Gasteiger partial charge in [-0.15, -0.1) is 5.10 Å². The van der Waals surface area contributed by atoms with E-state index in [2.05, 4.69) is 20.8 Å². The number of nitrogens with one attached hydrogen (secondary N) is 1. The van der Waals surface area contributed by atoms with E-state index in [0.717, 1.165) is 11.3 Å². The van der Waals surface area contributed by atoms with Gasteiger partial charge in [-0.1, -0.05) is 13.0 Å². The van der Waals surface area contributed by atoms with Crippen molar-refractivity contribution in [1.82, 2.24) is 30.4 Å². The fourth-order valence-electron chi connectivity index (χ4n) is 3.11. The van der Waals surface area contributed by atoms with E-state index in [9.17, 15) is 9.59 Å². The fraction of sp³-hybridized carbons (Fsp3) is 0.438. The van der Waals surface area contributed by atoms with Gasteiger partial charge in [0.15, 0.2) is 17.3 Å². The number of tetrazole rings is 1. The SMILES string of the molecule is CCCn1nnnc1CN1C(=O)NC(C)(c2ccc3c(c2)OCO3)C1=O. The Bertz CT molecular complexity index is 881. The van der Waals surface area contributed by atoms with Crippen LogP contribution in [0, 0.1) is 0 Å². The molecule has 1 aromatic heterocycles. The number of aromatic nitrogens is 4. The zero-order valence-electron chi connectivity index (χ0n) is 14.4. The zero-order chi connectivity index (χ0) is 18.3. The summed E-state index contributed by atoms with van der Waals surface area (Å²) in [5, 5.41) is 14.2. The van der Waals surface area contributed by atoms with Gasteiger partial charge in [-0.25, -0.2) is 9.48 Å². The van der Waals surface area contributed by atoms with E-state index in [1.807, 2.05) is 6.92 Å². The number of rotatable bonds is 5. The van der Waals surface area contributed by atoms with Crippen molar-refractivity contribution in [3.63, 3.8) is 0 Å². The summed E-state index contributed by atoms with van der Waals surface area (Å²) in [6, 6.07) is 4.70. The predicted molar refractivity (Wildman–Crippen MR) is 87.1 cm³/mol. The van der Waals surface area contributed by atoms with Crippen LogP contribution in [0.3, 0.4) is 0 Å². The van der Waals surface area contributed by atoms with Gasteiger partial charge in [0.25, 0.3) is 5.91 Å². The van der Waals surface area contributed by atoms with E-state index >= 15 is 0 Å². The third kappa shape index (κ3) is 2.45. The number of benzene rings is 1. The number of carbonyl (C=O) groups is 2. The Labute approximate surface area is 149 Å². The monoisotopic (exact) mass is 358 g/mol. The Hall–Kier alpha value is -3.17. The minimum absolute atomic E-state index is 0.0117. The van der Waals surface area contributed by atoms with E-state index in [1.165, 1.54) is 0 Å². The fourth-order valence-corrected chi connectivity index (χ4v) is 3.11. The third-order valence-corrected chi connectivity index (χ3v) is 4.57. The number of hydrogen-bond acceptors (Lipinski definition) is 7. The van der Waals surface area contributed by atoms with Crippen molar-refractivity contribution >= 4 is 11.9 Å². The maximum absolute atomic E-state index is 13.0. The first-order valence-corrected chi connectivity index (χ1v) is 8.32. The Morgan fingerprint density at radius 3 is 2.88 bits per heavy atom. The second-order valence-corrected chi connectivity index (χ2v) is 6.33. The normalized spacial score (nSPS) is 21.4. The Balaban J connectivity index is 1.61. The predicted octanol–water partition coefficient (Wildman–Crippen LogP) is 0.779. The highest BCUT2D eigenvalue weighted by Gasteiger charge is 2.49. The molecule has 2 aliphatic heterocycles. The van der Waals surface area contributed by atoms with E-state index in [4.69, 9.17) is 9.47 Å². The molecule has 1 unspecified atom stereocenters. The van der Waals surface area contributed by atoms with E-state index in [0.29, 0.717) is 29.4 Å². The van der Waals surface area contributed by atoms with Gasteiger partial charge in [0.2, 0.25) is 6.79 Å². The molecule has 136 valence electrons. The molecule has 0 saturated carbocycles. The number of carbonyl (C=O) groups excluding carboxylic acids is 2. The molecule has 1 fully saturated rings. The van der Waals surface area contributed by atoms with Gasteiger partial charge in [0.1, 0.15) is 5.54 Å². The van der Waals surface area contributed by atoms with Gasteiger partial charge in [-0.05, 0) is 41.5 Å². The van der Waals surface area contributed by atoms with Gasteiger partial charge in [0, 0.05) is 6.54 Å². The molecular weight excluding hydrogens is 340 g/mol. The van der Waals surface area contributed by atoms with Gasteiger partial charge in [0.05, 0.1) is 6.54 Å². The molecule has 1 N–H and O–H groups in total. The number of fused-ring (bicyclic) bond motifs is 1. The highest BCUT2D eigenvalue weighted by molar-refractivity contribution is 6.07. The van der Waals surface area contributed by atoms with Crippen LogP contribution in [0.4, 0.5) is 4.79 Å². The molecule has 3 amide bonds. The Morgan fingerprint density at radius 2 is 2.08 bits per heavy atom. The summed E-state index contributed by atoms with van der Waals surface area (Å²) in [6.07, 6.45) is 0.840. The van der Waals surface area contributed by atoms with Crippen LogP contribution in [0.15, 0.2) is 18.2 Å².